The largest absolute Gasteiger partial charge is 0.481 e. The van der Waals surface area contributed by atoms with Gasteiger partial charge >= 0.3 is 11.9 Å². The van der Waals surface area contributed by atoms with E-state index in [1.54, 1.807) is 0 Å². The molecular weight excluding hydrogens is 224 g/mol. The van der Waals surface area contributed by atoms with Crippen molar-refractivity contribution in [1.82, 2.24) is 4.98 Å². The molecule has 0 aliphatic heterocycles. The van der Waals surface area contributed by atoms with Gasteiger partial charge in [0, 0.05) is 0 Å². The van der Waals surface area contributed by atoms with Crippen molar-refractivity contribution in [3.05, 3.63) is 24.0 Å². The molecule has 92 valence electrons. The van der Waals surface area contributed by atoms with E-state index < -0.39 is 17.4 Å². The zero-order chi connectivity index (χ0) is 13.1. The average molecular weight is 238 g/mol. The summed E-state index contributed by atoms with van der Waals surface area (Å²) in [5, 5.41) is 8.84. The van der Waals surface area contributed by atoms with E-state index in [0.717, 1.165) is 0 Å². The molecule has 3 N–H and O–H groups in total. The Morgan fingerprint density at radius 3 is 2.59 bits per heavy atom. The first kappa shape index (κ1) is 13.0. The summed E-state index contributed by atoms with van der Waals surface area (Å²) in [5.41, 5.74) is 4.83. The van der Waals surface area contributed by atoms with Gasteiger partial charge in [-0.05, 0) is 26.0 Å². The predicted molar refractivity (Wildman–Crippen MR) is 60.3 cm³/mol. The molecule has 0 spiro atoms. The van der Waals surface area contributed by atoms with Gasteiger partial charge in [0.15, 0.2) is 0 Å². The van der Waals surface area contributed by atoms with Gasteiger partial charge in [-0.3, -0.25) is 4.79 Å². The zero-order valence-electron chi connectivity index (χ0n) is 9.64. The molecule has 0 aromatic carbocycles. The van der Waals surface area contributed by atoms with E-state index in [2.05, 4.69) is 4.98 Å². The number of carboxylic acids is 1. The van der Waals surface area contributed by atoms with Crippen LogP contribution in [0.3, 0.4) is 0 Å². The van der Waals surface area contributed by atoms with E-state index in [1.807, 2.05) is 0 Å². The number of aromatic nitrogens is 1. The van der Waals surface area contributed by atoms with Crippen molar-refractivity contribution in [2.45, 2.75) is 13.8 Å². The van der Waals surface area contributed by atoms with Gasteiger partial charge in [-0.15, -0.1) is 0 Å². The van der Waals surface area contributed by atoms with Crippen LogP contribution in [0.25, 0.3) is 0 Å². The fourth-order valence-electron chi connectivity index (χ4n) is 0.908. The standard InChI is InChI=1S/C11H14N2O4/c1-11(2,10(15)16)6-17-9(14)8-4-3-7(12)5-13-8/h3-5H,6,12H2,1-2H3,(H,15,16). The van der Waals surface area contributed by atoms with E-state index in [9.17, 15) is 9.59 Å². The number of anilines is 1. The summed E-state index contributed by atoms with van der Waals surface area (Å²) in [5.74, 6) is -1.70. The number of ether oxygens (including phenoxy) is 1. The number of hydrogen-bond donors (Lipinski definition) is 2. The minimum Gasteiger partial charge on any atom is -0.481 e. The Labute approximate surface area is 98.4 Å². The summed E-state index contributed by atoms with van der Waals surface area (Å²) in [6, 6.07) is 2.94. The molecule has 0 unspecified atom stereocenters. The maximum atomic E-state index is 11.5. The van der Waals surface area contributed by atoms with Crippen molar-refractivity contribution in [3.8, 4) is 0 Å². The first-order valence-corrected chi connectivity index (χ1v) is 4.95. The van der Waals surface area contributed by atoms with Crippen LogP contribution >= 0.6 is 0 Å². The van der Waals surface area contributed by atoms with E-state index in [0.29, 0.717) is 5.69 Å². The molecule has 0 radical (unpaired) electrons. The number of aliphatic carboxylic acids is 1. The number of carboxylic acid groups (broad SMARTS) is 1. The molecule has 0 aliphatic carbocycles. The van der Waals surface area contributed by atoms with Crippen LogP contribution < -0.4 is 5.73 Å². The summed E-state index contributed by atoms with van der Waals surface area (Å²) >= 11 is 0. The SMILES string of the molecule is CC(C)(COC(=O)c1ccc(N)cn1)C(=O)O. The van der Waals surface area contributed by atoms with Gasteiger partial charge in [-0.25, -0.2) is 9.78 Å². The van der Waals surface area contributed by atoms with Gasteiger partial charge in [0.2, 0.25) is 0 Å². The number of carbonyl (C=O) groups is 2. The number of nitrogens with zero attached hydrogens (tertiary/aromatic N) is 1. The van der Waals surface area contributed by atoms with Gasteiger partial charge in [-0.1, -0.05) is 0 Å². The molecule has 0 saturated carbocycles. The Bertz CT molecular complexity index is 426. The number of nitrogens with two attached hydrogens (primary N) is 1. The molecular formula is C11H14N2O4. The molecule has 0 atom stereocenters. The Morgan fingerprint density at radius 2 is 2.12 bits per heavy atom. The molecule has 0 aliphatic rings. The number of hydrogen-bond acceptors (Lipinski definition) is 5. The maximum absolute atomic E-state index is 11.5. The number of esters is 1. The van der Waals surface area contributed by atoms with Crippen molar-refractivity contribution in [2.24, 2.45) is 5.41 Å². The molecule has 1 rings (SSSR count). The van der Waals surface area contributed by atoms with Gasteiger partial charge in [0.25, 0.3) is 0 Å². The lowest BCUT2D eigenvalue weighted by Crippen LogP contribution is -2.30. The van der Waals surface area contributed by atoms with E-state index >= 15 is 0 Å². The summed E-state index contributed by atoms with van der Waals surface area (Å²) in [6.45, 7) is 2.73. The second-order valence-electron chi connectivity index (χ2n) is 4.24. The normalized spacial score (nSPS) is 10.9. The van der Waals surface area contributed by atoms with Crippen molar-refractivity contribution >= 4 is 17.6 Å². The van der Waals surface area contributed by atoms with Crippen molar-refractivity contribution < 1.29 is 19.4 Å². The fourth-order valence-corrected chi connectivity index (χ4v) is 0.908. The Kier molecular flexibility index (Phi) is 3.67. The molecule has 0 fully saturated rings. The van der Waals surface area contributed by atoms with Crippen LogP contribution in [0.15, 0.2) is 18.3 Å². The third-order valence-electron chi connectivity index (χ3n) is 2.14. The third-order valence-corrected chi connectivity index (χ3v) is 2.14. The van der Waals surface area contributed by atoms with Gasteiger partial charge in [0.1, 0.15) is 12.3 Å². The third kappa shape index (κ3) is 3.44. The average Bonchev–Trinajstić information content (AvgIpc) is 2.27. The first-order valence-electron chi connectivity index (χ1n) is 4.95. The van der Waals surface area contributed by atoms with Gasteiger partial charge in [-0.2, -0.15) is 0 Å². The van der Waals surface area contributed by atoms with Crippen molar-refractivity contribution in [1.29, 1.82) is 0 Å². The second kappa shape index (κ2) is 4.82. The van der Waals surface area contributed by atoms with Crippen LogP contribution in [-0.4, -0.2) is 28.6 Å². The summed E-state index contributed by atoms with van der Waals surface area (Å²) in [4.78, 5) is 26.1. The van der Waals surface area contributed by atoms with Crippen LogP contribution in [-0.2, 0) is 9.53 Å². The highest BCUT2D eigenvalue weighted by Crippen LogP contribution is 2.16. The molecule has 0 bridgehead atoms. The topological polar surface area (TPSA) is 103 Å². The lowest BCUT2D eigenvalue weighted by atomic mass is 9.95. The highest BCUT2D eigenvalue weighted by atomic mass is 16.5. The van der Waals surface area contributed by atoms with E-state index in [4.69, 9.17) is 15.6 Å². The molecule has 17 heavy (non-hydrogen) atoms. The molecule has 1 aromatic heterocycles. The smallest absolute Gasteiger partial charge is 0.356 e. The van der Waals surface area contributed by atoms with E-state index in [1.165, 1.54) is 32.2 Å². The predicted octanol–water partition coefficient (Wildman–Crippen LogP) is 0.931. The number of nitrogen functional groups attached to an aromatic ring is 1. The fraction of sp³-hybridized carbons (Fsp3) is 0.364. The van der Waals surface area contributed by atoms with Crippen molar-refractivity contribution in [2.75, 3.05) is 12.3 Å². The Balaban J connectivity index is 2.62. The minimum absolute atomic E-state index is 0.0976. The van der Waals surface area contributed by atoms with Gasteiger partial charge in [0.05, 0.1) is 17.3 Å². The lowest BCUT2D eigenvalue weighted by molar-refractivity contribution is -0.149. The molecule has 6 heteroatoms. The van der Waals surface area contributed by atoms with E-state index in [-0.39, 0.29) is 12.3 Å². The molecule has 6 nitrogen and oxygen atoms in total. The summed E-state index contributed by atoms with van der Waals surface area (Å²) < 4.78 is 4.87. The van der Waals surface area contributed by atoms with Crippen LogP contribution in [0.2, 0.25) is 0 Å². The molecule has 0 saturated heterocycles. The Morgan fingerprint density at radius 1 is 1.47 bits per heavy atom. The zero-order valence-corrected chi connectivity index (χ0v) is 9.64. The van der Waals surface area contributed by atoms with Crippen LogP contribution in [0.4, 0.5) is 5.69 Å². The Hall–Kier alpha value is -2.11. The minimum atomic E-state index is -1.12. The lowest BCUT2D eigenvalue weighted by Gasteiger charge is -2.18. The number of rotatable bonds is 4. The molecule has 1 aromatic rings. The maximum Gasteiger partial charge on any atom is 0.356 e. The van der Waals surface area contributed by atoms with Crippen LogP contribution in [0, 0.1) is 5.41 Å². The second-order valence-corrected chi connectivity index (χ2v) is 4.24. The number of carbonyl (C=O) groups excluding carboxylic acids is 1. The summed E-state index contributed by atoms with van der Waals surface area (Å²) in [7, 11) is 0. The van der Waals surface area contributed by atoms with Crippen LogP contribution in [0.1, 0.15) is 24.3 Å². The first-order chi connectivity index (χ1) is 7.83. The highest BCUT2D eigenvalue weighted by molar-refractivity contribution is 5.87. The number of pyridine rings is 1. The monoisotopic (exact) mass is 238 g/mol. The summed E-state index contributed by atoms with van der Waals surface area (Å²) in [6.07, 6.45) is 1.33. The van der Waals surface area contributed by atoms with Crippen molar-refractivity contribution in [3.63, 3.8) is 0 Å². The molecule has 1 heterocycles. The highest BCUT2D eigenvalue weighted by Gasteiger charge is 2.29. The quantitative estimate of drug-likeness (QED) is 0.756. The van der Waals surface area contributed by atoms with Gasteiger partial charge < -0.3 is 15.6 Å². The molecule has 0 amide bonds. The van der Waals surface area contributed by atoms with Crippen LogP contribution in [0.5, 0.6) is 0 Å².